The molecule has 0 heterocycles. The summed E-state index contributed by atoms with van der Waals surface area (Å²) in [5.74, 6) is -0.308. The second-order valence-electron chi connectivity index (χ2n) is 6.48. The van der Waals surface area contributed by atoms with Gasteiger partial charge in [0.25, 0.3) is 0 Å². The number of hydrogen-bond donors (Lipinski definition) is 0. The van der Waals surface area contributed by atoms with Crippen molar-refractivity contribution in [2.45, 2.75) is 0 Å². The normalized spacial score (nSPS) is 10.4. The van der Waals surface area contributed by atoms with Crippen molar-refractivity contribution in [1.82, 2.24) is 0 Å². The molecule has 0 spiro atoms. The van der Waals surface area contributed by atoms with Crippen molar-refractivity contribution in [2.75, 3.05) is 0 Å². The summed E-state index contributed by atoms with van der Waals surface area (Å²) in [7, 11) is 0. The molecule has 0 saturated carbocycles. The Morgan fingerprint density at radius 2 is 0.964 bits per heavy atom. The maximum atomic E-state index is 13.4. The third-order valence-electron chi connectivity index (χ3n) is 4.69. The molecule has 0 bridgehead atoms. The van der Waals surface area contributed by atoms with Crippen LogP contribution in [0.3, 0.4) is 0 Å². The Morgan fingerprint density at radius 3 is 1.54 bits per heavy atom. The van der Waals surface area contributed by atoms with Gasteiger partial charge in [0, 0.05) is 22.3 Å². The molecule has 134 valence electrons. The fraction of sp³-hybridized carbons (Fsp3) is 0. The molecule has 0 fully saturated rings. The molecule has 0 saturated heterocycles. The van der Waals surface area contributed by atoms with Gasteiger partial charge in [-0.2, -0.15) is 0 Å². The zero-order valence-electron chi connectivity index (χ0n) is 15.2. The molecule has 4 aromatic carbocycles. The SMILES string of the molecule is O=C(c1ccccc1)c1cccc(-c2ccccc2)c1C(=O)c1ccccc1. The van der Waals surface area contributed by atoms with Crippen molar-refractivity contribution in [1.29, 1.82) is 0 Å². The first-order valence-electron chi connectivity index (χ1n) is 9.13. The van der Waals surface area contributed by atoms with E-state index in [1.807, 2.05) is 78.9 Å². The molecule has 0 aliphatic carbocycles. The van der Waals surface area contributed by atoms with Crippen molar-refractivity contribution < 1.29 is 9.59 Å². The van der Waals surface area contributed by atoms with Crippen molar-refractivity contribution >= 4 is 11.6 Å². The highest BCUT2D eigenvalue weighted by atomic mass is 16.1. The van der Waals surface area contributed by atoms with E-state index in [4.69, 9.17) is 0 Å². The number of ketones is 2. The molecule has 0 aliphatic rings. The van der Waals surface area contributed by atoms with Crippen LogP contribution in [0.1, 0.15) is 31.8 Å². The standard InChI is InChI=1S/C26H18O2/c27-25(20-13-6-2-7-14-20)23-18-10-17-22(19-11-4-1-5-12-19)24(23)26(28)21-15-8-3-9-16-21/h1-18H. The van der Waals surface area contributed by atoms with Crippen molar-refractivity contribution in [3.05, 3.63) is 131 Å². The Labute approximate surface area is 164 Å². The highest BCUT2D eigenvalue weighted by molar-refractivity contribution is 6.22. The molecule has 2 nitrogen and oxygen atoms in total. The predicted molar refractivity (Wildman–Crippen MR) is 112 cm³/mol. The summed E-state index contributed by atoms with van der Waals surface area (Å²) >= 11 is 0. The Hall–Kier alpha value is -3.78. The van der Waals surface area contributed by atoms with Gasteiger partial charge in [0.1, 0.15) is 0 Å². The van der Waals surface area contributed by atoms with E-state index in [9.17, 15) is 9.59 Å². The molecule has 0 unspecified atom stereocenters. The first-order chi connectivity index (χ1) is 13.8. The van der Waals surface area contributed by atoms with Gasteiger partial charge < -0.3 is 0 Å². The summed E-state index contributed by atoms with van der Waals surface area (Å²) in [6, 6.07) is 33.3. The molecule has 28 heavy (non-hydrogen) atoms. The molecule has 0 aromatic heterocycles. The van der Waals surface area contributed by atoms with Crippen LogP contribution < -0.4 is 0 Å². The second kappa shape index (κ2) is 7.85. The van der Waals surface area contributed by atoms with Crippen LogP contribution in [0.4, 0.5) is 0 Å². The van der Waals surface area contributed by atoms with Crippen LogP contribution in [0.2, 0.25) is 0 Å². The number of hydrogen-bond acceptors (Lipinski definition) is 2. The predicted octanol–water partition coefficient (Wildman–Crippen LogP) is 5.82. The van der Waals surface area contributed by atoms with Gasteiger partial charge in [-0.1, -0.05) is 109 Å². The van der Waals surface area contributed by atoms with Gasteiger partial charge in [0.15, 0.2) is 11.6 Å². The van der Waals surface area contributed by atoms with Crippen LogP contribution in [0, 0.1) is 0 Å². The van der Waals surface area contributed by atoms with Crippen molar-refractivity contribution in [3.63, 3.8) is 0 Å². The summed E-state index contributed by atoms with van der Waals surface area (Å²) < 4.78 is 0. The molecule has 0 atom stereocenters. The van der Waals surface area contributed by atoms with Gasteiger partial charge in [-0.3, -0.25) is 9.59 Å². The highest BCUT2D eigenvalue weighted by Gasteiger charge is 2.23. The molecule has 0 aliphatic heterocycles. The minimum atomic E-state index is -0.155. The topological polar surface area (TPSA) is 34.1 Å². The van der Waals surface area contributed by atoms with Gasteiger partial charge in [0.2, 0.25) is 0 Å². The average Bonchev–Trinajstić information content (AvgIpc) is 2.79. The van der Waals surface area contributed by atoms with Crippen LogP contribution in [0.5, 0.6) is 0 Å². The average molecular weight is 362 g/mol. The smallest absolute Gasteiger partial charge is 0.194 e. The lowest BCUT2D eigenvalue weighted by Crippen LogP contribution is -2.13. The maximum absolute atomic E-state index is 13.4. The quantitative estimate of drug-likeness (QED) is 0.420. The third kappa shape index (κ3) is 3.40. The van der Waals surface area contributed by atoms with E-state index in [1.54, 1.807) is 30.3 Å². The van der Waals surface area contributed by atoms with E-state index in [-0.39, 0.29) is 11.6 Å². The summed E-state index contributed by atoms with van der Waals surface area (Å²) in [5, 5.41) is 0. The Morgan fingerprint density at radius 1 is 0.464 bits per heavy atom. The zero-order valence-corrected chi connectivity index (χ0v) is 15.2. The molecular formula is C26H18O2. The van der Waals surface area contributed by atoms with Gasteiger partial charge in [-0.15, -0.1) is 0 Å². The van der Waals surface area contributed by atoms with Crippen LogP contribution in [0.15, 0.2) is 109 Å². The van der Waals surface area contributed by atoms with Gasteiger partial charge in [0.05, 0.1) is 0 Å². The lowest BCUT2D eigenvalue weighted by atomic mass is 9.87. The fourth-order valence-corrected chi connectivity index (χ4v) is 3.32. The second-order valence-corrected chi connectivity index (χ2v) is 6.48. The van der Waals surface area contributed by atoms with Crippen molar-refractivity contribution in [2.24, 2.45) is 0 Å². The molecular weight excluding hydrogens is 344 g/mol. The van der Waals surface area contributed by atoms with Crippen LogP contribution in [-0.2, 0) is 0 Å². The monoisotopic (exact) mass is 362 g/mol. The van der Waals surface area contributed by atoms with E-state index < -0.39 is 0 Å². The lowest BCUT2D eigenvalue weighted by molar-refractivity contribution is 0.100. The molecule has 4 rings (SSSR count). The molecule has 0 N–H and O–H groups in total. The number of carbonyl (C=O) groups excluding carboxylic acids is 2. The Balaban J connectivity index is 1.94. The molecule has 0 radical (unpaired) electrons. The number of benzene rings is 4. The first-order valence-corrected chi connectivity index (χ1v) is 9.13. The summed E-state index contributed by atoms with van der Waals surface area (Å²) in [6.07, 6.45) is 0. The van der Waals surface area contributed by atoms with E-state index in [2.05, 4.69) is 0 Å². The van der Waals surface area contributed by atoms with Crippen LogP contribution >= 0.6 is 0 Å². The maximum Gasteiger partial charge on any atom is 0.194 e. The highest BCUT2D eigenvalue weighted by Crippen LogP contribution is 2.30. The third-order valence-corrected chi connectivity index (χ3v) is 4.69. The van der Waals surface area contributed by atoms with Gasteiger partial charge in [-0.25, -0.2) is 0 Å². The number of carbonyl (C=O) groups is 2. The summed E-state index contributed by atoms with van der Waals surface area (Å²) in [6.45, 7) is 0. The van der Waals surface area contributed by atoms with E-state index in [1.165, 1.54) is 0 Å². The zero-order chi connectivity index (χ0) is 19.3. The molecule has 4 aromatic rings. The Kier molecular flexibility index (Phi) is 4.94. The van der Waals surface area contributed by atoms with E-state index in [0.29, 0.717) is 22.3 Å². The van der Waals surface area contributed by atoms with Crippen LogP contribution in [0.25, 0.3) is 11.1 Å². The summed E-state index contributed by atoms with van der Waals surface area (Å²) in [4.78, 5) is 26.7. The van der Waals surface area contributed by atoms with E-state index >= 15 is 0 Å². The Bertz CT molecular complexity index is 1110. The number of rotatable bonds is 5. The lowest BCUT2D eigenvalue weighted by Gasteiger charge is -2.14. The molecule has 0 amide bonds. The first kappa shape index (κ1) is 17.6. The molecule has 2 heteroatoms. The van der Waals surface area contributed by atoms with Gasteiger partial charge >= 0.3 is 0 Å². The minimum Gasteiger partial charge on any atom is -0.289 e. The van der Waals surface area contributed by atoms with Crippen molar-refractivity contribution in [3.8, 4) is 11.1 Å². The summed E-state index contributed by atoms with van der Waals surface area (Å²) in [5.41, 5.74) is 3.65. The van der Waals surface area contributed by atoms with E-state index in [0.717, 1.165) is 11.1 Å². The minimum absolute atomic E-state index is 0.153. The van der Waals surface area contributed by atoms with Gasteiger partial charge in [-0.05, 0) is 11.1 Å². The van der Waals surface area contributed by atoms with Crippen LogP contribution in [-0.4, -0.2) is 11.6 Å². The fourth-order valence-electron chi connectivity index (χ4n) is 3.32. The largest absolute Gasteiger partial charge is 0.289 e.